The normalized spacial score (nSPS) is 23.7. The highest BCUT2D eigenvalue weighted by atomic mass is 16.7. The molecular weight excluding hydrogens is 378 g/mol. The van der Waals surface area contributed by atoms with Crippen molar-refractivity contribution in [3.63, 3.8) is 0 Å². The molecule has 1 aliphatic rings. The highest BCUT2D eigenvalue weighted by molar-refractivity contribution is 5.89. The first-order chi connectivity index (χ1) is 13.6. The maximum absolute atomic E-state index is 12.6. The van der Waals surface area contributed by atoms with Gasteiger partial charge in [0.05, 0.1) is 6.42 Å². The van der Waals surface area contributed by atoms with E-state index < -0.39 is 29.7 Å². The first kappa shape index (κ1) is 20.8. The molecule has 1 fully saturated rings. The lowest BCUT2D eigenvalue weighted by molar-refractivity contribution is -0.210. The van der Waals surface area contributed by atoms with E-state index >= 15 is 0 Å². The van der Waals surface area contributed by atoms with Gasteiger partial charge in [0.2, 0.25) is 11.8 Å². The Balaban J connectivity index is 1.75. The zero-order valence-corrected chi connectivity index (χ0v) is 16.8. The summed E-state index contributed by atoms with van der Waals surface area (Å²) >= 11 is 0. The number of rotatable bonds is 6. The number of para-hydroxylation sites is 2. The molecule has 0 aliphatic carbocycles. The van der Waals surface area contributed by atoms with Crippen LogP contribution in [0, 0.1) is 11.8 Å². The van der Waals surface area contributed by atoms with Crippen molar-refractivity contribution in [3.8, 4) is 0 Å². The first-order valence-corrected chi connectivity index (χ1v) is 9.52. The van der Waals surface area contributed by atoms with Crippen molar-refractivity contribution in [2.45, 2.75) is 52.0 Å². The van der Waals surface area contributed by atoms with E-state index in [2.05, 4.69) is 15.6 Å². The topological polar surface area (TPSA) is 131 Å². The van der Waals surface area contributed by atoms with Crippen molar-refractivity contribution in [1.82, 2.24) is 15.6 Å². The Morgan fingerprint density at radius 1 is 1.21 bits per heavy atom. The number of aromatic nitrogens is 1. The molecular formula is C20H25N3O6. The largest absolute Gasteiger partial charge is 0.435 e. The van der Waals surface area contributed by atoms with E-state index in [0.717, 1.165) is 0 Å². The Morgan fingerprint density at radius 3 is 2.55 bits per heavy atom. The third kappa shape index (κ3) is 4.09. The van der Waals surface area contributed by atoms with Crippen LogP contribution in [-0.4, -0.2) is 40.0 Å². The predicted octanol–water partition coefficient (Wildman–Crippen LogP) is 1.20. The average molecular weight is 403 g/mol. The second-order valence-corrected chi connectivity index (χ2v) is 7.69. The van der Waals surface area contributed by atoms with Crippen LogP contribution in [0.5, 0.6) is 0 Å². The Hall–Kier alpha value is -2.94. The molecule has 2 aromatic rings. The summed E-state index contributed by atoms with van der Waals surface area (Å²) in [4.78, 5) is 40.8. The van der Waals surface area contributed by atoms with Gasteiger partial charge in [-0.3, -0.25) is 14.4 Å². The molecule has 0 radical (unpaired) electrons. The van der Waals surface area contributed by atoms with Gasteiger partial charge in [0.1, 0.15) is 17.6 Å². The Bertz CT molecular complexity index is 906. The quantitative estimate of drug-likeness (QED) is 0.618. The van der Waals surface area contributed by atoms with Crippen LogP contribution >= 0.6 is 0 Å². The minimum atomic E-state index is -2.24. The second-order valence-electron chi connectivity index (χ2n) is 7.69. The van der Waals surface area contributed by atoms with Crippen LogP contribution in [0.1, 0.15) is 40.0 Å². The summed E-state index contributed by atoms with van der Waals surface area (Å²) in [6.45, 7) is 7.13. The highest BCUT2D eigenvalue weighted by Crippen LogP contribution is 2.35. The fourth-order valence-electron chi connectivity index (χ4n) is 2.97. The molecule has 1 saturated heterocycles. The fourth-order valence-corrected chi connectivity index (χ4v) is 2.97. The number of oxazole rings is 1. The van der Waals surface area contributed by atoms with Crippen LogP contribution in [0.4, 0.5) is 0 Å². The van der Waals surface area contributed by atoms with Gasteiger partial charge in [-0.15, -0.1) is 0 Å². The molecule has 1 aromatic heterocycles. The monoisotopic (exact) mass is 403 g/mol. The summed E-state index contributed by atoms with van der Waals surface area (Å²) in [6, 6.07) is 4.85. The van der Waals surface area contributed by atoms with Gasteiger partial charge in [0, 0.05) is 5.92 Å². The Labute approximate surface area is 167 Å². The molecule has 0 bridgehead atoms. The zero-order chi connectivity index (χ0) is 21.3. The summed E-state index contributed by atoms with van der Waals surface area (Å²) in [5, 5.41) is 16.2. The van der Waals surface area contributed by atoms with Crippen molar-refractivity contribution >= 4 is 28.9 Å². The van der Waals surface area contributed by atoms with Crippen LogP contribution in [0.15, 0.2) is 28.7 Å². The van der Waals surface area contributed by atoms with E-state index in [0.29, 0.717) is 11.1 Å². The first-order valence-electron chi connectivity index (χ1n) is 9.52. The third-order valence-corrected chi connectivity index (χ3v) is 5.19. The molecule has 9 heteroatoms. The van der Waals surface area contributed by atoms with Gasteiger partial charge in [0.15, 0.2) is 5.58 Å². The molecule has 9 nitrogen and oxygen atoms in total. The summed E-state index contributed by atoms with van der Waals surface area (Å²) in [6.07, 6.45) is -0.260. The number of amides is 2. The van der Waals surface area contributed by atoms with E-state index in [9.17, 15) is 19.5 Å². The lowest BCUT2D eigenvalue weighted by Gasteiger charge is -2.26. The Morgan fingerprint density at radius 2 is 1.90 bits per heavy atom. The summed E-state index contributed by atoms with van der Waals surface area (Å²) in [7, 11) is 0. The number of esters is 1. The van der Waals surface area contributed by atoms with Gasteiger partial charge < -0.3 is 24.9 Å². The number of hydrogen-bond acceptors (Lipinski definition) is 7. The predicted molar refractivity (Wildman–Crippen MR) is 102 cm³/mol. The van der Waals surface area contributed by atoms with Crippen molar-refractivity contribution < 1.29 is 28.6 Å². The number of nitrogens with one attached hydrogen (secondary N) is 2. The molecule has 29 heavy (non-hydrogen) atoms. The molecule has 1 unspecified atom stereocenters. The molecule has 1 aliphatic heterocycles. The molecule has 2 heterocycles. The number of ether oxygens (including phenoxy) is 1. The van der Waals surface area contributed by atoms with Gasteiger partial charge >= 0.3 is 11.8 Å². The van der Waals surface area contributed by atoms with Crippen LogP contribution in [0.25, 0.3) is 11.1 Å². The van der Waals surface area contributed by atoms with Crippen LogP contribution in [-0.2, 0) is 24.9 Å². The van der Waals surface area contributed by atoms with E-state index in [1.807, 2.05) is 13.8 Å². The van der Waals surface area contributed by atoms with Crippen molar-refractivity contribution in [2.75, 3.05) is 0 Å². The zero-order valence-electron chi connectivity index (χ0n) is 16.8. The van der Waals surface area contributed by atoms with E-state index in [1.165, 1.54) is 6.92 Å². The lowest BCUT2D eigenvalue weighted by atomic mass is 9.97. The minimum absolute atomic E-state index is 0.121. The molecule has 4 atom stereocenters. The maximum Gasteiger partial charge on any atom is 0.311 e. The number of fused-ring (bicyclic) bond motifs is 1. The molecule has 1 aromatic carbocycles. The molecule has 0 spiro atoms. The van der Waals surface area contributed by atoms with Crippen molar-refractivity contribution in [3.05, 3.63) is 30.2 Å². The fraction of sp³-hybridized carbons (Fsp3) is 0.500. The summed E-state index contributed by atoms with van der Waals surface area (Å²) in [5.74, 6) is -4.12. The summed E-state index contributed by atoms with van der Waals surface area (Å²) in [5.41, 5.74) is 0.888. The van der Waals surface area contributed by atoms with Gasteiger partial charge in [0.25, 0.3) is 5.89 Å². The molecule has 3 N–H and O–H groups in total. The lowest BCUT2D eigenvalue weighted by Crippen LogP contribution is -2.54. The number of nitrogens with zero attached hydrogens (tertiary/aromatic N) is 1. The number of cyclic esters (lactones) is 1. The van der Waals surface area contributed by atoms with Crippen molar-refractivity contribution in [1.29, 1.82) is 0 Å². The van der Waals surface area contributed by atoms with E-state index in [1.54, 1.807) is 31.2 Å². The van der Waals surface area contributed by atoms with Gasteiger partial charge in [-0.05, 0) is 25.0 Å². The van der Waals surface area contributed by atoms with Gasteiger partial charge in [-0.25, -0.2) is 4.98 Å². The SMILES string of the molecule is CC(C)[C@@H](C)C(=O)N[C@@H](C)C(=O)N[C@H]1CC(=O)OC1(O)c1nc2ccccc2o1. The van der Waals surface area contributed by atoms with Gasteiger partial charge in [-0.2, -0.15) is 0 Å². The van der Waals surface area contributed by atoms with Crippen LogP contribution in [0.2, 0.25) is 0 Å². The third-order valence-electron chi connectivity index (χ3n) is 5.19. The average Bonchev–Trinajstić information content (AvgIpc) is 3.22. The van der Waals surface area contributed by atoms with Gasteiger partial charge in [-0.1, -0.05) is 32.9 Å². The minimum Gasteiger partial charge on any atom is -0.435 e. The number of hydrogen-bond donors (Lipinski definition) is 3. The van der Waals surface area contributed by atoms with E-state index in [-0.39, 0.29) is 30.1 Å². The number of carbonyl (C=O) groups is 3. The number of benzene rings is 1. The molecule has 3 rings (SSSR count). The summed E-state index contributed by atoms with van der Waals surface area (Å²) < 4.78 is 10.6. The standard InChI is InChI=1S/C20H25N3O6/c1-10(2)11(3)17(25)21-12(4)18(26)23-15-9-16(24)29-20(15,27)19-22-13-7-5-6-8-14(13)28-19/h5-8,10-12,15,27H,9H2,1-4H3,(H,21,25)(H,23,26)/t11-,12+,15+,20?/m1/s1. The molecule has 156 valence electrons. The van der Waals surface area contributed by atoms with E-state index in [4.69, 9.17) is 9.15 Å². The van der Waals surface area contributed by atoms with Crippen LogP contribution in [0.3, 0.4) is 0 Å². The second kappa shape index (κ2) is 7.82. The molecule has 2 amide bonds. The Kier molecular flexibility index (Phi) is 5.61. The van der Waals surface area contributed by atoms with Crippen LogP contribution < -0.4 is 10.6 Å². The number of aliphatic hydroxyl groups is 1. The highest BCUT2D eigenvalue weighted by Gasteiger charge is 2.54. The smallest absolute Gasteiger partial charge is 0.311 e. The van der Waals surface area contributed by atoms with Crippen molar-refractivity contribution in [2.24, 2.45) is 11.8 Å². The number of carbonyl (C=O) groups excluding carboxylic acids is 3. The maximum atomic E-state index is 12.6. The molecule has 0 saturated carbocycles.